The van der Waals surface area contributed by atoms with Crippen LogP contribution in [0, 0.1) is 0 Å². The average molecular weight is 300 g/mol. The van der Waals surface area contributed by atoms with Gasteiger partial charge in [-0.3, -0.25) is 0 Å². The standard InChI is InChI=1S/C13H20N2O4S/c1-15-6-5-11(8-15)14-20(17,18)13-4-3-10(9-16)7-12(13)19-2/h3-4,7,11,14,16H,5-6,8-9H2,1-2H3. The summed E-state index contributed by atoms with van der Waals surface area (Å²) in [6, 6.07) is 4.51. The number of methoxy groups -OCH3 is 1. The fourth-order valence-corrected chi connectivity index (χ4v) is 3.76. The molecule has 20 heavy (non-hydrogen) atoms. The number of benzene rings is 1. The molecule has 2 rings (SSSR count). The van der Waals surface area contributed by atoms with E-state index >= 15 is 0 Å². The molecule has 0 amide bonds. The number of nitrogens with zero attached hydrogens (tertiary/aromatic N) is 1. The summed E-state index contributed by atoms with van der Waals surface area (Å²) in [5.41, 5.74) is 0.612. The Balaban J connectivity index is 2.24. The van der Waals surface area contributed by atoms with Crippen LogP contribution in [0.5, 0.6) is 5.75 Å². The lowest BCUT2D eigenvalue weighted by Crippen LogP contribution is -2.36. The average Bonchev–Trinajstić information content (AvgIpc) is 2.82. The molecule has 0 aromatic heterocycles. The maximum atomic E-state index is 12.4. The number of rotatable bonds is 5. The van der Waals surface area contributed by atoms with E-state index < -0.39 is 10.0 Å². The summed E-state index contributed by atoms with van der Waals surface area (Å²) in [7, 11) is -0.239. The van der Waals surface area contributed by atoms with E-state index in [0.717, 1.165) is 13.0 Å². The highest BCUT2D eigenvalue weighted by Gasteiger charge is 2.27. The molecule has 1 unspecified atom stereocenters. The summed E-state index contributed by atoms with van der Waals surface area (Å²) >= 11 is 0. The van der Waals surface area contributed by atoms with Gasteiger partial charge in [0.1, 0.15) is 10.6 Å². The van der Waals surface area contributed by atoms with Crippen LogP contribution in [0.15, 0.2) is 23.1 Å². The predicted molar refractivity (Wildman–Crippen MR) is 75.1 cm³/mol. The molecule has 0 aliphatic carbocycles. The van der Waals surface area contributed by atoms with Crippen LogP contribution in [-0.4, -0.2) is 51.7 Å². The van der Waals surface area contributed by atoms with Crippen molar-refractivity contribution in [1.82, 2.24) is 9.62 Å². The molecule has 0 bridgehead atoms. The van der Waals surface area contributed by atoms with Crippen molar-refractivity contribution in [3.05, 3.63) is 23.8 Å². The summed E-state index contributed by atoms with van der Waals surface area (Å²) < 4.78 is 32.6. The summed E-state index contributed by atoms with van der Waals surface area (Å²) in [6.45, 7) is 1.43. The second kappa shape index (κ2) is 6.09. The number of ether oxygens (including phenoxy) is 1. The molecule has 0 radical (unpaired) electrons. The van der Waals surface area contributed by atoms with Crippen molar-refractivity contribution in [3.8, 4) is 5.75 Å². The van der Waals surface area contributed by atoms with E-state index in [9.17, 15) is 8.42 Å². The van der Waals surface area contributed by atoms with Crippen molar-refractivity contribution >= 4 is 10.0 Å². The fraction of sp³-hybridized carbons (Fsp3) is 0.538. The third-order valence-corrected chi connectivity index (χ3v) is 4.97. The number of sulfonamides is 1. The van der Waals surface area contributed by atoms with Crippen LogP contribution in [-0.2, 0) is 16.6 Å². The highest BCUT2D eigenvalue weighted by Crippen LogP contribution is 2.25. The number of likely N-dealkylation sites (tertiary alicyclic amines) is 1. The van der Waals surface area contributed by atoms with E-state index in [-0.39, 0.29) is 23.3 Å². The molecule has 112 valence electrons. The molecule has 1 atom stereocenters. The Labute approximate surface area is 119 Å². The minimum absolute atomic E-state index is 0.0766. The van der Waals surface area contributed by atoms with Gasteiger partial charge in [0, 0.05) is 12.6 Å². The molecular weight excluding hydrogens is 280 g/mol. The van der Waals surface area contributed by atoms with E-state index in [2.05, 4.69) is 9.62 Å². The minimum Gasteiger partial charge on any atom is -0.495 e. The summed E-state index contributed by atoms with van der Waals surface area (Å²) in [6.07, 6.45) is 0.798. The van der Waals surface area contributed by atoms with Gasteiger partial charge in [-0.2, -0.15) is 0 Å². The molecule has 0 saturated carbocycles. The third kappa shape index (κ3) is 3.29. The van der Waals surface area contributed by atoms with Crippen LogP contribution in [0.3, 0.4) is 0 Å². The largest absolute Gasteiger partial charge is 0.495 e. The topological polar surface area (TPSA) is 78.9 Å². The van der Waals surface area contributed by atoms with Gasteiger partial charge in [-0.15, -0.1) is 0 Å². The zero-order valence-corrected chi connectivity index (χ0v) is 12.5. The molecule has 1 aliphatic rings. The lowest BCUT2D eigenvalue weighted by molar-refractivity contribution is 0.280. The summed E-state index contributed by atoms with van der Waals surface area (Å²) in [5, 5.41) is 9.08. The number of hydrogen-bond donors (Lipinski definition) is 2. The summed E-state index contributed by atoms with van der Waals surface area (Å²) in [4.78, 5) is 2.19. The van der Waals surface area contributed by atoms with Crippen molar-refractivity contribution in [2.24, 2.45) is 0 Å². The Morgan fingerprint density at radius 2 is 2.25 bits per heavy atom. The van der Waals surface area contributed by atoms with Crippen molar-refractivity contribution in [3.63, 3.8) is 0 Å². The Kier molecular flexibility index (Phi) is 4.64. The Bertz CT molecular complexity index is 574. The maximum Gasteiger partial charge on any atom is 0.244 e. The lowest BCUT2D eigenvalue weighted by atomic mass is 10.2. The first-order valence-corrected chi connectivity index (χ1v) is 7.93. The van der Waals surface area contributed by atoms with Gasteiger partial charge in [-0.25, -0.2) is 13.1 Å². The van der Waals surface area contributed by atoms with E-state index in [4.69, 9.17) is 9.84 Å². The number of likely N-dealkylation sites (N-methyl/N-ethyl adjacent to an activating group) is 1. The van der Waals surface area contributed by atoms with Gasteiger partial charge < -0.3 is 14.7 Å². The van der Waals surface area contributed by atoms with Crippen molar-refractivity contribution < 1.29 is 18.3 Å². The normalized spacial score (nSPS) is 20.2. The Morgan fingerprint density at radius 3 is 2.80 bits per heavy atom. The SMILES string of the molecule is COc1cc(CO)ccc1S(=O)(=O)NC1CCN(C)C1. The van der Waals surface area contributed by atoms with Crippen LogP contribution in [0.25, 0.3) is 0 Å². The molecule has 2 N–H and O–H groups in total. The fourth-order valence-electron chi connectivity index (χ4n) is 2.35. The predicted octanol–water partition coefficient (Wildman–Crippen LogP) is 0.170. The van der Waals surface area contributed by atoms with Crippen LogP contribution >= 0.6 is 0 Å². The molecule has 6 nitrogen and oxygen atoms in total. The monoisotopic (exact) mass is 300 g/mol. The lowest BCUT2D eigenvalue weighted by Gasteiger charge is -2.15. The molecule has 1 saturated heterocycles. The zero-order valence-electron chi connectivity index (χ0n) is 11.7. The van der Waals surface area contributed by atoms with Crippen molar-refractivity contribution in [2.75, 3.05) is 27.2 Å². The van der Waals surface area contributed by atoms with E-state index in [1.165, 1.54) is 19.2 Å². The first kappa shape index (κ1) is 15.2. The highest BCUT2D eigenvalue weighted by molar-refractivity contribution is 7.89. The Morgan fingerprint density at radius 1 is 1.50 bits per heavy atom. The maximum absolute atomic E-state index is 12.4. The van der Waals surface area contributed by atoms with Crippen molar-refractivity contribution in [2.45, 2.75) is 24.0 Å². The highest BCUT2D eigenvalue weighted by atomic mass is 32.2. The zero-order chi connectivity index (χ0) is 14.8. The minimum atomic E-state index is -3.62. The van der Waals surface area contributed by atoms with Gasteiger partial charge >= 0.3 is 0 Å². The van der Waals surface area contributed by atoms with Gasteiger partial charge in [0.2, 0.25) is 10.0 Å². The second-order valence-corrected chi connectivity index (χ2v) is 6.69. The molecule has 1 aromatic carbocycles. The van der Waals surface area contributed by atoms with Crippen LogP contribution in [0.4, 0.5) is 0 Å². The van der Waals surface area contributed by atoms with Crippen LogP contribution < -0.4 is 9.46 Å². The number of nitrogens with one attached hydrogen (secondary N) is 1. The molecule has 1 aliphatic heterocycles. The summed E-state index contributed by atoms with van der Waals surface area (Å²) in [5.74, 6) is 0.246. The first-order chi connectivity index (χ1) is 9.46. The number of hydrogen-bond acceptors (Lipinski definition) is 5. The molecule has 1 fully saturated rings. The molecular formula is C13H20N2O4S. The third-order valence-electron chi connectivity index (χ3n) is 3.41. The quantitative estimate of drug-likeness (QED) is 0.810. The number of aliphatic hydroxyl groups excluding tert-OH is 1. The second-order valence-electron chi connectivity index (χ2n) is 5.01. The van der Waals surface area contributed by atoms with Gasteiger partial charge in [0.15, 0.2) is 0 Å². The van der Waals surface area contributed by atoms with Gasteiger partial charge in [-0.05, 0) is 37.7 Å². The molecule has 1 aromatic rings. The van der Waals surface area contributed by atoms with E-state index in [1.807, 2.05) is 7.05 Å². The smallest absolute Gasteiger partial charge is 0.244 e. The van der Waals surface area contributed by atoms with Crippen molar-refractivity contribution in [1.29, 1.82) is 0 Å². The van der Waals surface area contributed by atoms with Gasteiger partial charge in [-0.1, -0.05) is 6.07 Å². The molecule has 1 heterocycles. The molecule has 7 heteroatoms. The van der Waals surface area contributed by atoms with E-state index in [1.54, 1.807) is 6.07 Å². The number of aliphatic hydroxyl groups is 1. The van der Waals surface area contributed by atoms with Crippen LogP contribution in [0.2, 0.25) is 0 Å². The van der Waals surface area contributed by atoms with E-state index in [0.29, 0.717) is 12.1 Å². The van der Waals surface area contributed by atoms with Gasteiger partial charge in [0.05, 0.1) is 13.7 Å². The van der Waals surface area contributed by atoms with Crippen LogP contribution in [0.1, 0.15) is 12.0 Å². The first-order valence-electron chi connectivity index (χ1n) is 6.45. The molecule has 0 spiro atoms. The van der Waals surface area contributed by atoms with Gasteiger partial charge in [0.25, 0.3) is 0 Å². The Hall–Kier alpha value is -1.15.